The van der Waals surface area contributed by atoms with Gasteiger partial charge in [-0.05, 0) is 78.4 Å². The first-order chi connectivity index (χ1) is 16.0. The standard InChI is InChI=1S/C29H26F2O2/c1-18-3-5-20(28(30)11-18)16-32-24-7-9-26-22(14-24)13-23-15-25(8-10-27(23)26)33-17-21-6-4-19(2)12-29(21)31/h3-11,14-15,29H,12-13,16-17H2,1-2H3. The van der Waals surface area contributed by atoms with E-state index in [9.17, 15) is 8.78 Å². The molecule has 0 amide bonds. The molecule has 168 valence electrons. The fourth-order valence-electron chi connectivity index (χ4n) is 4.41. The van der Waals surface area contributed by atoms with Crippen molar-refractivity contribution in [2.24, 2.45) is 0 Å². The minimum atomic E-state index is -0.972. The maximum Gasteiger partial charge on any atom is 0.130 e. The van der Waals surface area contributed by atoms with E-state index in [4.69, 9.17) is 9.47 Å². The number of fused-ring (bicyclic) bond motifs is 3. The zero-order valence-corrected chi connectivity index (χ0v) is 18.8. The molecule has 2 aliphatic rings. The Kier molecular flexibility index (Phi) is 5.76. The predicted octanol–water partition coefficient (Wildman–Crippen LogP) is 7.28. The number of allylic oxidation sites excluding steroid dienone is 3. The lowest BCUT2D eigenvalue weighted by molar-refractivity contribution is 0.297. The second-order valence-electron chi connectivity index (χ2n) is 8.91. The molecule has 0 spiro atoms. The highest BCUT2D eigenvalue weighted by Gasteiger charge is 2.21. The van der Waals surface area contributed by atoms with Gasteiger partial charge in [0, 0.05) is 17.6 Å². The lowest BCUT2D eigenvalue weighted by Crippen LogP contribution is -2.15. The van der Waals surface area contributed by atoms with E-state index in [1.165, 1.54) is 28.3 Å². The van der Waals surface area contributed by atoms with Crippen molar-refractivity contribution in [2.75, 3.05) is 6.61 Å². The molecule has 3 aromatic rings. The van der Waals surface area contributed by atoms with Gasteiger partial charge in [-0.2, -0.15) is 0 Å². The van der Waals surface area contributed by atoms with E-state index in [2.05, 4.69) is 12.1 Å². The van der Waals surface area contributed by atoms with Crippen LogP contribution in [0.15, 0.2) is 77.9 Å². The normalized spacial score (nSPS) is 16.5. The molecule has 2 nitrogen and oxygen atoms in total. The summed E-state index contributed by atoms with van der Waals surface area (Å²) in [6.07, 6.45) is 4.03. The van der Waals surface area contributed by atoms with Crippen LogP contribution in [0, 0.1) is 12.7 Å². The first kappa shape index (κ1) is 21.4. The molecule has 0 aromatic heterocycles. The fourth-order valence-corrected chi connectivity index (χ4v) is 4.41. The van der Waals surface area contributed by atoms with Crippen LogP contribution in [0.3, 0.4) is 0 Å². The first-order valence-electron chi connectivity index (χ1n) is 11.2. The molecule has 2 aliphatic carbocycles. The van der Waals surface area contributed by atoms with E-state index in [1.54, 1.807) is 6.07 Å². The number of aryl methyl sites for hydroxylation is 1. The molecule has 0 saturated carbocycles. The van der Waals surface area contributed by atoms with Crippen LogP contribution in [0.1, 0.15) is 35.6 Å². The summed E-state index contributed by atoms with van der Waals surface area (Å²) in [4.78, 5) is 0. The van der Waals surface area contributed by atoms with Crippen LogP contribution < -0.4 is 9.47 Å². The van der Waals surface area contributed by atoms with Crippen molar-refractivity contribution in [1.29, 1.82) is 0 Å². The number of hydrogen-bond acceptors (Lipinski definition) is 2. The number of rotatable bonds is 6. The second kappa shape index (κ2) is 8.86. The number of hydrogen-bond donors (Lipinski definition) is 0. The van der Waals surface area contributed by atoms with Crippen LogP contribution >= 0.6 is 0 Å². The summed E-state index contributed by atoms with van der Waals surface area (Å²) in [5.41, 5.74) is 7.85. The molecule has 0 bridgehead atoms. The van der Waals surface area contributed by atoms with E-state index in [0.717, 1.165) is 29.1 Å². The van der Waals surface area contributed by atoms with Crippen LogP contribution in [-0.2, 0) is 13.0 Å². The third kappa shape index (κ3) is 4.56. The molecule has 0 fully saturated rings. The molecule has 1 atom stereocenters. The maximum atomic E-state index is 14.2. The molecule has 33 heavy (non-hydrogen) atoms. The Morgan fingerprint density at radius 2 is 1.48 bits per heavy atom. The van der Waals surface area contributed by atoms with Crippen LogP contribution in [0.5, 0.6) is 11.5 Å². The molecule has 0 saturated heterocycles. The molecule has 0 heterocycles. The molecular weight excluding hydrogens is 418 g/mol. The van der Waals surface area contributed by atoms with Gasteiger partial charge in [-0.1, -0.05) is 42.0 Å². The van der Waals surface area contributed by atoms with E-state index >= 15 is 0 Å². The summed E-state index contributed by atoms with van der Waals surface area (Å²) in [6.45, 7) is 4.25. The Bertz CT molecular complexity index is 1270. The summed E-state index contributed by atoms with van der Waals surface area (Å²) in [5, 5.41) is 0. The Morgan fingerprint density at radius 3 is 2.12 bits per heavy atom. The predicted molar refractivity (Wildman–Crippen MR) is 127 cm³/mol. The van der Waals surface area contributed by atoms with Gasteiger partial charge < -0.3 is 9.47 Å². The van der Waals surface area contributed by atoms with Gasteiger partial charge in [0.05, 0.1) is 0 Å². The maximum absolute atomic E-state index is 14.2. The van der Waals surface area contributed by atoms with Gasteiger partial charge in [0.15, 0.2) is 0 Å². The van der Waals surface area contributed by atoms with Crippen molar-refractivity contribution < 1.29 is 18.3 Å². The minimum Gasteiger partial charge on any atom is -0.489 e. The smallest absolute Gasteiger partial charge is 0.130 e. The van der Waals surface area contributed by atoms with Crippen LogP contribution in [0.4, 0.5) is 8.78 Å². The quantitative estimate of drug-likeness (QED) is 0.311. The Labute approximate surface area is 193 Å². The van der Waals surface area contributed by atoms with Gasteiger partial charge in [-0.15, -0.1) is 0 Å². The highest BCUT2D eigenvalue weighted by Crippen LogP contribution is 2.40. The zero-order valence-electron chi connectivity index (χ0n) is 18.8. The summed E-state index contributed by atoms with van der Waals surface area (Å²) in [7, 11) is 0. The van der Waals surface area contributed by atoms with Gasteiger partial charge in [0.25, 0.3) is 0 Å². The molecule has 0 aliphatic heterocycles. The van der Waals surface area contributed by atoms with E-state index < -0.39 is 6.17 Å². The molecule has 1 unspecified atom stereocenters. The van der Waals surface area contributed by atoms with E-state index in [1.807, 2.05) is 56.3 Å². The van der Waals surface area contributed by atoms with Crippen LogP contribution in [0.25, 0.3) is 11.1 Å². The summed E-state index contributed by atoms with van der Waals surface area (Å²) in [5.74, 6) is 1.22. The van der Waals surface area contributed by atoms with Gasteiger partial charge >= 0.3 is 0 Å². The largest absolute Gasteiger partial charge is 0.489 e. The molecule has 4 heteroatoms. The van der Waals surface area contributed by atoms with E-state index in [-0.39, 0.29) is 19.0 Å². The SMILES string of the molecule is CC1=CC=C(COc2ccc3c(c2)Cc2cc(OCc4ccc(C)cc4F)ccc2-3)C(F)C1. The van der Waals surface area contributed by atoms with Crippen molar-refractivity contribution in [3.05, 3.63) is 106 Å². The van der Waals surface area contributed by atoms with Crippen molar-refractivity contribution in [2.45, 2.75) is 39.5 Å². The van der Waals surface area contributed by atoms with Crippen molar-refractivity contribution in [1.82, 2.24) is 0 Å². The van der Waals surface area contributed by atoms with Crippen molar-refractivity contribution in [3.63, 3.8) is 0 Å². The number of ether oxygens (including phenoxy) is 2. The van der Waals surface area contributed by atoms with Gasteiger partial charge in [0.2, 0.25) is 0 Å². The van der Waals surface area contributed by atoms with Crippen LogP contribution in [-0.4, -0.2) is 12.8 Å². The average Bonchev–Trinajstić information content (AvgIpc) is 3.15. The van der Waals surface area contributed by atoms with E-state index in [0.29, 0.717) is 17.6 Å². The van der Waals surface area contributed by atoms with Gasteiger partial charge in [0.1, 0.15) is 36.7 Å². The minimum absolute atomic E-state index is 0.190. The highest BCUT2D eigenvalue weighted by molar-refractivity contribution is 5.78. The highest BCUT2D eigenvalue weighted by atomic mass is 19.1. The molecule has 0 N–H and O–H groups in total. The Morgan fingerprint density at radius 1 is 0.818 bits per heavy atom. The number of alkyl halides is 1. The molecule has 5 rings (SSSR count). The zero-order chi connectivity index (χ0) is 22.9. The lowest BCUT2D eigenvalue weighted by atomic mass is 9.98. The summed E-state index contributed by atoms with van der Waals surface area (Å²) < 4.78 is 40.1. The monoisotopic (exact) mass is 444 g/mol. The Balaban J connectivity index is 1.26. The summed E-state index contributed by atoms with van der Waals surface area (Å²) in [6, 6.07) is 17.2. The number of benzene rings is 3. The topological polar surface area (TPSA) is 18.5 Å². The molecular formula is C29H26F2O2. The average molecular weight is 445 g/mol. The first-order valence-corrected chi connectivity index (χ1v) is 11.2. The van der Waals surface area contributed by atoms with Gasteiger partial charge in [-0.3, -0.25) is 0 Å². The fraction of sp³-hybridized carbons (Fsp3) is 0.241. The second-order valence-corrected chi connectivity index (χ2v) is 8.91. The summed E-state index contributed by atoms with van der Waals surface area (Å²) >= 11 is 0. The third-order valence-corrected chi connectivity index (χ3v) is 6.32. The van der Waals surface area contributed by atoms with Crippen molar-refractivity contribution in [3.8, 4) is 22.6 Å². The molecule has 3 aromatic carbocycles. The van der Waals surface area contributed by atoms with Crippen molar-refractivity contribution >= 4 is 0 Å². The Hall–Kier alpha value is -3.40. The third-order valence-electron chi connectivity index (χ3n) is 6.32. The van der Waals surface area contributed by atoms with Crippen LogP contribution in [0.2, 0.25) is 0 Å². The lowest BCUT2D eigenvalue weighted by Gasteiger charge is -2.17. The number of halogens is 2. The van der Waals surface area contributed by atoms with Gasteiger partial charge in [-0.25, -0.2) is 8.78 Å². The molecule has 0 radical (unpaired) electrons.